The standard InChI is InChI=1S/C24H22BrN3O3/c1-15-12-19(25)10-11-20(15)27(3)21(29)14-28-22(30)24(2,26-23(28)31)18-9-8-16-6-4-5-7-17(16)13-18/h4-13H,14H2,1-3H3,(H,26,31). The fourth-order valence-corrected chi connectivity index (χ4v) is 4.38. The van der Waals surface area contributed by atoms with E-state index in [0.717, 1.165) is 31.4 Å². The number of nitrogens with one attached hydrogen (secondary N) is 1. The lowest BCUT2D eigenvalue weighted by atomic mass is 9.90. The molecule has 0 bridgehead atoms. The fraction of sp³-hybridized carbons (Fsp3) is 0.208. The van der Waals surface area contributed by atoms with E-state index in [-0.39, 0.29) is 12.5 Å². The maximum absolute atomic E-state index is 13.2. The van der Waals surface area contributed by atoms with Crippen molar-refractivity contribution >= 4 is 50.2 Å². The second-order valence-electron chi connectivity index (χ2n) is 7.89. The van der Waals surface area contributed by atoms with Gasteiger partial charge in [0.1, 0.15) is 12.1 Å². The predicted octanol–water partition coefficient (Wildman–Crippen LogP) is 4.34. The number of benzene rings is 3. The van der Waals surface area contributed by atoms with Gasteiger partial charge in [0.25, 0.3) is 5.91 Å². The summed E-state index contributed by atoms with van der Waals surface area (Å²) in [7, 11) is 1.64. The van der Waals surface area contributed by atoms with Gasteiger partial charge in [0.2, 0.25) is 5.91 Å². The van der Waals surface area contributed by atoms with Crippen LogP contribution in [0.3, 0.4) is 0 Å². The summed E-state index contributed by atoms with van der Waals surface area (Å²) < 4.78 is 0.912. The van der Waals surface area contributed by atoms with Crippen LogP contribution in [0, 0.1) is 6.92 Å². The summed E-state index contributed by atoms with van der Waals surface area (Å²) in [6, 6.07) is 18.5. The molecule has 0 aliphatic carbocycles. The van der Waals surface area contributed by atoms with Gasteiger partial charge in [-0.25, -0.2) is 4.79 Å². The summed E-state index contributed by atoms with van der Waals surface area (Å²) in [4.78, 5) is 41.3. The van der Waals surface area contributed by atoms with Crippen LogP contribution >= 0.6 is 15.9 Å². The van der Waals surface area contributed by atoms with Gasteiger partial charge in [0, 0.05) is 17.2 Å². The van der Waals surface area contributed by atoms with E-state index in [2.05, 4.69) is 21.2 Å². The van der Waals surface area contributed by atoms with Crippen LogP contribution in [0.4, 0.5) is 10.5 Å². The maximum atomic E-state index is 13.2. The molecule has 1 unspecified atom stereocenters. The highest BCUT2D eigenvalue weighted by Gasteiger charge is 2.49. The first kappa shape index (κ1) is 21.1. The van der Waals surface area contributed by atoms with Crippen LogP contribution in [0.15, 0.2) is 65.1 Å². The molecule has 3 aromatic carbocycles. The molecule has 1 atom stereocenters. The summed E-state index contributed by atoms with van der Waals surface area (Å²) in [5.74, 6) is -0.793. The van der Waals surface area contributed by atoms with Gasteiger partial charge in [-0.3, -0.25) is 14.5 Å². The topological polar surface area (TPSA) is 69.7 Å². The molecule has 31 heavy (non-hydrogen) atoms. The van der Waals surface area contributed by atoms with E-state index in [1.165, 1.54) is 4.90 Å². The molecule has 1 fully saturated rings. The zero-order chi connectivity index (χ0) is 22.3. The monoisotopic (exact) mass is 479 g/mol. The van der Waals surface area contributed by atoms with Gasteiger partial charge in [-0.1, -0.05) is 52.3 Å². The summed E-state index contributed by atoms with van der Waals surface area (Å²) in [6.45, 7) is 3.23. The van der Waals surface area contributed by atoms with Crippen molar-refractivity contribution in [2.75, 3.05) is 18.5 Å². The third-order valence-corrected chi connectivity index (χ3v) is 6.28. The minimum absolute atomic E-state index is 0.333. The summed E-state index contributed by atoms with van der Waals surface area (Å²) in [5.41, 5.74) is 1.07. The third kappa shape index (κ3) is 3.70. The summed E-state index contributed by atoms with van der Waals surface area (Å²) >= 11 is 3.41. The number of anilines is 1. The molecule has 158 valence electrons. The van der Waals surface area contributed by atoms with E-state index >= 15 is 0 Å². The summed E-state index contributed by atoms with van der Waals surface area (Å²) in [6.07, 6.45) is 0. The molecule has 0 aromatic heterocycles. The number of hydrogen-bond donors (Lipinski definition) is 1. The lowest BCUT2D eigenvalue weighted by molar-refractivity contribution is -0.134. The van der Waals surface area contributed by atoms with Crippen molar-refractivity contribution in [1.29, 1.82) is 0 Å². The molecule has 1 N–H and O–H groups in total. The average Bonchev–Trinajstić information content (AvgIpc) is 2.96. The van der Waals surface area contributed by atoms with Gasteiger partial charge < -0.3 is 10.2 Å². The van der Waals surface area contributed by atoms with Crippen LogP contribution in [0.5, 0.6) is 0 Å². The van der Waals surface area contributed by atoms with Gasteiger partial charge in [-0.15, -0.1) is 0 Å². The Morgan fingerprint density at radius 3 is 2.48 bits per heavy atom. The van der Waals surface area contributed by atoms with Crippen molar-refractivity contribution in [3.05, 3.63) is 76.3 Å². The second-order valence-corrected chi connectivity index (χ2v) is 8.81. The Bertz CT molecular complexity index is 1230. The predicted molar refractivity (Wildman–Crippen MR) is 124 cm³/mol. The number of rotatable bonds is 4. The molecule has 0 spiro atoms. The Kier molecular flexibility index (Phi) is 5.31. The van der Waals surface area contributed by atoms with Crippen molar-refractivity contribution in [1.82, 2.24) is 10.2 Å². The van der Waals surface area contributed by atoms with Gasteiger partial charge in [-0.2, -0.15) is 0 Å². The van der Waals surface area contributed by atoms with Crippen LogP contribution < -0.4 is 10.2 Å². The molecule has 1 heterocycles. The van der Waals surface area contributed by atoms with Crippen LogP contribution in [0.2, 0.25) is 0 Å². The van der Waals surface area contributed by atoms with Crippen LogP contribution in [0.1, 0.15) is 18.1 Å². The highest BCUT2D eigenvalue weighted by Crippen LogP contribution is 2.31. The number of fused-ring (bicyclic) bond motifs is 1. The molecule has 1 aliphatic heterocycles. The van der Waals surface area contributed by atoms with Crippen LogP contribution in [-0.2, 0) is 15.1 Å². The number of imide groups is 1. The number of aryl methyl sites for hydroxylation is 1. The molecule has 0 saturated carbocycles. The first-order valence-corrected chi connectivity index (χ1v) is 10.7. The van der Waals surface area contributed by atoms with E-state index in [1.807, 2.05) is 67.6 Å². The van der Waals surface area contributed by atoms with E-state index in [1.54, 1.807) is 14.0 Å². The van der Waals surface area contributed by atoms with Gasteiger partial charge in [-0.05, 0) is 60.0 Å². The molecule has 0 radical (unpaired) electrons. The van der Waals surface area contributed by atoms with Gasteiger partial charge in [0.05, 0.1) is 0 Å². The highest BCUT2D eigenvalue weighted by atomic mass is 79.9. The molecular weight excluding hydrogens is 458 g/mol. The molecule has 4 amide bonds. The number of carbonyl (C=O) groups excluding carboxylic acids is 3. The maximum Gasteiger partial charge on any atom is 0.325 e. The zero-order valence-electron chi connectivity index (χ0n) is 17.5. The largest absolute Gasteiger partial charge is 0.325 e. The van der Waals surface area contributed by atoms with Crippen molar-refractivity contribution < 1.29 is 14.4 Å². The fourth-order valence-electron chi connectivity index (χ4n) is 3.91. The van der Waals surface area contributed by atoms with E-state index in [9.17, 15) is 14.4 Å². The molecule has 1 saturated heterocycles. The normalized spacial score (nSPS) is 18.4. The number of carbonyl (C=O) groups is 3. The minimum atomic E-state index is -1.23. The van der Waals surface area contributed by atoms with Crippen LogP contribution in [-0.4, -0.2) is 36.3 Å². The van der Waals surface area contributed by atoms with Crippen molar-refractivity contribution in [3.8, 4) is 0 Å². The Morgan fingerprint density at radius 1 is 1.06 bits per heavy atom. The highest BCUT2D eigenvalue weighted by molar-refractivity contribution is 9.10. The Balaban J connectivity index is 1.58. The minimum Gasteiger partial charge on any atom is -0.319 e. The molecule has 7 heteroatoms. The number of nitrogens with zero attached hydrogens (tertiary/aromatic N) is 2. The third-order valence-electron chi connectivity index (χ3n) is 5.79. The molecule has 4 rings (SSSR count). The van der Waals surface area contributed by atoms with Crippen molar-refractivity contribution in [2.24, 2.45) is 0 Å². The first-order chi connectivity index (χ1) is 14.7. The Morgan fingerprint density at radius 2 is 1.77 bits per heavy atom. The Labute approximate surface area is 189 Å². The molecular formula is C24H22BrN3O3. The van der Waals surface area contributed by atoms with Crippen molar-refractivity contribution in [2.45, 2.75) is 19.4 Å². The summed E-state index contributed by atoms with van der Waals surface area (Å²) in [5, 5.41) is 4.80. The quantitative estimate of drug-likeness (QED) is 0.565. The number of urea groups is 1. The lowest BCUT2D eigenvalue weighted by Crippen LogP contribution is -2.43. The number of halogens is 1. The smallest absolute Gasteiger partial charge is 0.319 e. The Hall–Kier alpha value is -3.19. The van der Waals surface area contributed by atoms with Gasteiger partial charge >= 0.3 is 6.03 Å². The number of likely N-dealkylation sites (N-methyl/N-ethyl adjacent to an activating group) is 1. The molecule has 1 aliphatic rings. The second kappa shape index (κ2) is 7.81. The molecule has 6 nitrogen and oxygen atoms in total. The average molecular weight is 480 g/mol. The zero-order valence-corrected chi connectivity index (χ0v) is 19.1. The van der Waals surface area contributed by atoms with Crippen molar-refractivity contribution in [3.63, 3.8) is 0 Å². The number of amides is 4. The van der Waals surface area contributed by atoms with E-state index < -0.39 is 17.5 Å². The lowest BCUT2D eigenvalue weighted by Gasteiger charge is -2.24. The van der Waals surface area contributed by atoms with Gasteiger partial charge in [0.15, 0.2) is 0 Å². The number of hydrogen-bond acceptors (Lipinski definition) is 3. The first-order valence-electron chi connectivity index (χ1n) is 9.87. The van der Waals surface area contributed by atoms with Crippen LogP contribution in [0.25, 0.3) is 10.8 Å². The SMILES string of the molecule is Cc1cc(Br)ccc1N(C)C(=O)CN1C(=O)NC(C)(c2ccc3ccccc3c2)C1=O. The van der Waals surface area contributed by atoms with E-state index in [4.69, 9.17) is 0 Å². The molecule has 3 aromatic rings. The van der Waals surface area contributed by atoms with E-state index in [0.29, 0.717) is 5.56 Å².